The molecule has 0 saturated heterocycles. The first-order valence-electron chi connectivity index (χ1n) is 6.92. The van der Waals surface area contributed by atoms with Gasteiger partial charge in [-0.1, -0.05) is 6.07 Å². The zero-order chi connectivity index (χ0) is 16.5. The molecule has 0 spiro atoms. The van der Waals surface area contributed by atoms with Crippen LogP contribution >= 0.6 is 0 Å². The Morgan fingerprint density at radius 2 is 1.86 bits per heavy atom. The molecule has 120 valence electrons. The van der Waals surface area contributed by atoms with Gasteiger partial charge >= 0.3 is 5.97 Å². The molecule has 0 radical (unpaired) electrons. The van der Waals surface area contributed by atoms with Crippen molar-refractivity contribution < 1.29 is 19.1 Å². The molecule has 0 aliphatic heterocycles. The van der Waals surface area contributed by atoms with Gasteiger partial charge in [0.05, 0.1) is 12.1 Å². The zero-order valence-corrected chi connectivity index (χ0v) is 13.0. The third kappa shape index (κ3) is 5.82. The summed E-state index contributed by atoms with van der Waals surface area (Å²) in [6.45, 7) is 1.71. The molecule has 2 N–H and O–H groups in total. The van der Waals surface area contributed by atoms with Crippen molar-refractivity contribution >= 4 is 23.5 Å². The van der Waals surface area contributed by atoms with E-state index in [4.69, 9.17) is 4.74 Å². The lowest BCUT2D eigenvalue weighted by Crippen LogP contribution is -2.38. The first-order chi connectivity index (χ1) is 10.4. The molecule has 0 heterocycles. The minimum atomic E-state index is -0.586. The van der Waals surface area contributed by atoms with E-state index in [1.807, 2.05) is 25.1 Å². The van der Waals surface area contributed by atoms with Crippen molar-refractivity contribution in [2.45, 2.75) is 6.92 Å². The van der Waals surface area contributed by atoms with E-state index >= 15 is 0 Å². The molecule has 2 amide bonds. The molecule has 0 bridgehead atoms. The van der Waals surface area contributed by atoms with Crippen LogP contribution in [0.3, 0.4) is 0 Å². The van der Waals surface area contributed by atoms with Gasteiger partial charge in [0.1, 0.15) is 0 Å². The second kappa shape index (κ2) is 8.66. The maximum Gasteiger partial charge on any atom is 0.338 e. The number of carbonyl (C=O) groups excluding carboxylic acids is 3. The van der Waals surface area contributed by atoms with Gasteiger partial charge in [-0.3, -0.25) is 9.59 Å². The van der Waals surface area contributed by atoms with Gasteiger partial charge in [0, 0.05) is 26.3 Å². The average molecular weight is 307 g/mol. The molecule has 0 aliphatic rings. The summed E-state index contributed by atoms with van der Waals surface area (Å²) in [5.41, 5.74) is 1.22. The Kier molecular flexibility index (Phi) is 6.88. The molecule has 1 rings (SSSR count). The third-order valence-electron chi connectivity index (χ3n) is 2.75. The van der Waals surface area contributed by atoms with Crippen LogP contribution in [0.5, 0.6) is 0 Å². The van der Waals surface area contributed by atoms with Crippen LogP contribution in [-0.4, -0.2) is 51.6 Å². The van der Waals surface area contributed by atoms with Crippen molar-refractivity contribution in [2.24, 2.45) is 0 Å². The lowest BCUT2D eigenvalue weighted by Gasteiger charge is -2.13. The van der Waals surface area contributed by atoms with E-state index in [0.717, 1.165) is 5.69 Å². The first-order valence-corrected chi connectivity index (χ1v) is 6.92. The Morgan fingerprint density at radius 1 is 1.14 bits per heavy atom. The Hall–Kier alpha value is -2.57. The zero-order valence-electron chi connectivity index (χ0n) is 13.0. The number of carbonyl (C=O) groups is 3. The maximum absolute atomic E-state index is 11.9. The van der Waals surface area contributed by atoms with Crippen LogP contribution in [0.4, 0.5) is 5.69 Å². The van der Waals surface area contributed by atoms with Crippen molar-refractivity contribution in [1.29, 1.82) is 0 Å². The lowest BCUT2D eigenvalue weighted by molar-refractivity contribution is -0.127. The minimum absolute atomic E-state index is 0.139. The lowest BCUT2D eigenvalue weighted by atomic mass is 10.2. The number of benzene rings is 1. The van der Waals surface area contributed by atoms with Crippen LogP contribution in [0.25, 0.3) is 0 Å². The van der Waals surface area contributed by atoms with E-state index in [1.54, 1.807) is 25.1 Å². The Bertz CT molecular complexity index is 543. The highest BCUT2D eigenvalue weighted by Gasteiger charge is 2.11. The molecule has 1 aromatic rings. The monoisotopic (exact) mass is 307 g/mol. The van der Waals surface area contributed by atoms with E-state index in [-0.39, 0.29) is 12.5 Å². The molecule has 0 fully saturated rings. The second-order valence-electron chi connectivity index (χ2n) is 4.75. The topological polar surface area (TPSA) is 87.7 Å². The average Bonchev–Trinajstić information content (AvgIpc) is 2.51. The fraction of sp³-hybridized carbons (Fsp3) is 0.400. The number of anilines is 1. The van der Waals surface area contributed by atoms with Crippen LogP contribution in [0.15, 0.2) is 24.3 Å². The summed E-state index contributed by atoms with van der Waals surface area (Å²) in [6.07, 6.45) is 0. The van der Waals surface area contributed by atoms with Gasteiger partial charge in [0.15, 0.2) is 6.61 Å². The second-order valence-corrected chi connectivity index (χ2v) is 4.75. The van der Waals surface area contributed by atoms with Crippen LogP contribution in [0, 0.1) is 0 Å². The number of hydrogen-bond acceptors (Lipinski definition) is 5. The van der Waals surface area contributed by atoms with Crippen molar-refractivity contribution in [2.75, 3.05) is 38.7 Å². The van der Waals surface area contributed by atoms with Crippen LogP contribution in [-0.2, 0) is 14.3 Å². The molecule has 0 aliphatic carbocycles. The fourth-order valence-electron chi connectivity index (χ4n) is 1.62. The molecular weight excluding hydrogens is 286 g/mol. The summed E-state index contributed by atoms with van der Waals surface area (Å²) in [5, 5.41) is 4.91. The SMILES string of the molecule is CCNC(=O)CNC(=O)COC(=O)c1cccc(N(C)C)c1. The van der Waals surface area contributed by atoms with E-state index in [0.29, 0.717) is 12.1 Å². The molecule has 1 aromatic carbocycles. The van der Waals surface area contributed by atoms with Gasteiger partial charge < -0.3 is 20.3 Å². The molecule has 0 aromatic heterocycles. The van der Waals surface area contributed by atoms with Crippen LogP contribution in [0.1, 0.15) is 17.3 Å². The summed E-state index contributed by atoms with van der Waals surface area (Å²) in [6, 6.07) is 6.88. The Labute approximate surface area is 129 Å². The first kappa shape index (κ1) is 17.5. The number of nitrogens with zero attached hydrogens (tertiary/aromatic N) is 1. The Balaban J connectivity index is 2.44. The van der Waals surface area contributed by atoms with Gasteiger partial charge in [0.25, 0.3) is 5.91 Å². The number of ether oxygens (including phenoxy) is 1. The van der Waals surface area contributed by atoms with E-state index in [1.165, 1.54) is 0 Å². The number of esters is 1. The number of rotatable bonds is 7. The number of amides is 2. The van der Waals surface area contributed by atoms with E-state index in [9.17, 15) is 14.4 Å². The summed E-state index contributed by atoms with van der Waals surface area (Å²) in [5.74, 6) is -1.40. The third-order valence-corrected chi connectivity index (χ3v) is 2.75. The van der Waals surface area contributed by atoms with Crippen molar-refractivity contribution in [3.63, 3.8) is 0 Å². The summed E-state index contributed by atoms with van der Waals surface area (Å²) in [7, 11) is 3.72. The summed E-state index contributed by atoms with van der Waals surface area (Å²) < 4.78 is 4.92. The van der Waals surface area contributed by atoms with Gasteiger partial charge in [-0.2, -0.15) is 0 Å². The highest BCUT2D eigenvalue weighted by Crippen LogP contribution is 2.14. The standard InChI is InChI=1S/C15H21N3O4/c1-4-16-13(19)9-17-14(20)10-22-15(21)11-6-5-7-12(8-11)18(2)3/h5-8H,4,9-10H2,1-3H3,(H,16,19)(H,17,20). The number of nitrogens with one attached hydrogen (secondary N) is 2. The number of likely N-dealkylation sites (N-methyl/N-ethyl adjacent to an activating group) is 1. The van der Waals surface area contributed by atoms with E-state index < -0.39 is 18.5 Å². The Morgan fingerprint density at radius 3 is 2.50 bits per heavy atom. The molecular formula is C15H21N3O4. The predicted octanol–water partition coefficient (Wildman–Crippen LogP) is 0.162. The molecule has 0 unspecified atom stereocenters. The normalized spacial score (nSPS) is 9.77. The fourth-order valence-corrected chi connectivity index (χ4v) is 1.62. The van der Waals surface area contributed by atoms with Gasteiger partial charge in [-0.05, 0) is 25.1 Å². The summed E-state index contributed by atoms with van der Waals surface area (Å²) >= 11 is 0. The van der Waals surface area contributed by atoms with Crippen LogP contribution < -0.4 is 15.5 Å². The highest BCUT2D eigenvalue weighted by molar-refractivity contribution is 5.92. The molecule has 22 heavy (non-hydrogen) atoms. The quantitative estimate of drug-likeness (QED) is 0.701. The van der Waals surface area contributed by atoms with Crippen molar-refractivity contribution in [3.8, 4) is 0 Å². The molecule has 0 atom stereocenters. The van der Waals surface area contributed by atoms with Gasteiger partial charge in [-0.25, -0.2) is 4.79 Å². The van der Waals surface area contributed by atoms with Crippen LogP contribution in [0.2, 0.25) is 0 Å². The minimum Gasteiger partial charge on any atom is -0.452 e. The molecule has 0 saturated carbocycles. The largest absolute Gasteiger partial charge is 0.452 e. The smallest absolute Gasteiger partial charge is 0.338 e. The van der Waals surface area contributed by atoms with Gasteiger partial charge in [0.2, 0.25) is 5.91 Å². The maximum atomic E-state index is 11.9. The summed E-state index contributed by atoms with van der Waals surface area (Å²) in [4.78, 5) is 36.4. The highest BCUT2D eigenvalue weighted by atomic mass is 16.5. The van der Waals surface area contributed by atoms with E-state index in [2.05, 4.69) is 10.6 Å². The van der Waals surface area contributed by atoms with Crippen molar-refractivity contribution in [3.05, 3.63) is 29.8 Å². The van der Waals surface area contributed by atoms with Crippen molar-refractivity contribution in [1.82, 2.24) is 10.6 Å². The van der Waals surface area contributed by atoms with Gasteiger partial charge in [-0.15, -0.1) is 0 Å². The predicted molar refractivity (Wildman–Crippen MR) is 82.7 cm³/mol. The molecule has 7 nitrogen and oxygen atoms in total. The molecule has 7 heteroatoms. The number of hydrogen-bond donors (Lipinski definition) is 2.